The fourth-order valence-corrected chi connectivity index (χ4v) is 3.10. The summed E-state index contributed by atoms with van der Waals surface area (Å²) < 4.78 is 0. The van der Waals surface area contributed by atoms with E-state index in [0.717, 1.165) is 33.4 Å². The molecule has 0 unspecified atom stereocenters. The van der Waals surface area contributed by atoms with Crippen molar-refractivity contribution < 1.29 is 0 Å². The predicted molar refractivity (Wildman–Crippen MR) is 108 cm³/mol. The Balaban J connectivity index is 1.87. The quantitative estimate of drug-likeness (QED) is 0.494. The van der Waals surface area contributed by atoms with Crippen molar-refractivity contribution in [3.8, 4) is 22.5 Å². The first-order chi connectivity index (χ1) is 12.7. The van der Waals surface area contributed by atoms with E-state index >= 15 is 0 Å². The van der Waals surface area contributed by atoms with Gasteiger partial charge in [-0.2, -0.15) is 0 Å². The van der Waals surface area contributed by atoms with Gasteiger partial charge in [0.05, 0.1) is 15.6 Å². The Morgan fingerprint density at radius 3 is 2.38 bits per heavy atom. The van der Waals surface area contributed by atoms with E-state index < -0.39 is 0 Å². The highest BCUT2D eigenvalue weighted by molar-refractivity contribution is 6.42. The van der Waals surface area contributed by atoms with Gasteiger partial charge < -0.3 is 5.32 Å². The van der Waals surface area contributed by atoms with E-state index in [-0.39, 0.29) is 0 Å². The largest absolute Gasteiger partial charge is 0.373 e. The molecule has 0 fully saturated rings. The number of pyridine rings is 1. The molecule has 0 aliphatic carbocycles. The molecular weight excluding hydrogens is 367 g/mol. The van der Waals surface area contributed by atoms with Gasteiger partial charge in [-0.1, -0.05) is 35.3 Å². The van der Waals surface area contributed by atoms with Crippen molar-refractivity contribution in [2.75, 3.05) is 12.4 Å². The molecule has 4 aromatic rings. The van der Waals surface area contributed by atoms with Crippen LogP contribution in [0, 0.1) is 0 Å². The second-order valence-electron chi connectivity index (χ2n) is 5.75. The van der Waals surface area contributed by atoms with Crippen LogP contribution in [0.15, 0.2) is 60.9 Å². The fraction of sp³-hybridized carbons (Fsp3) is 0.0500. The normalized spacial score (nSPS) is 10.9. The van der Waals surface area contributed by atoms with Crippen LogP contribution < -0.4 is 5.32 Å². The van der Waals surface area contributed by atoms with Crippen LogP contribution in [-0.2, 0) is 0 Å². The van der Waals surface area contributed by atoms with Crippen LogP contribution in [-0.4, -0.2) is 22.0 Å². The van der Waals surface area contributed by atoms with Gasteiger partial charge in [-0.05, 0) is 47.5 Å². The van der Waals surface area contributed by atoms with E-state index in [4.69, 9.17) is 23.2 Å². The first-order valence-corrected chi connectivity index (χ1v) is 8.76. The van der Waals surface area contributed by atoms with Gasteiger partial charge in [0.2, 0.25) is 0 Å². The lowest BCUT2D eigenvalue weighted by Crippen LogP contribution is -1.99. The van der Waals surface area contributed by atoms with E-state index in [1.54, 1.807) is 18.5 Å². The number of hydrogen-bond donors (Lipinski definition) is 1. The third-order valence-electron chi connectivity index (χ3n) is 4.11. The molecular formula is C20H14Cl2N4. The summed E-state index contributed by atoms with van der Waals surface area (Å²) in [5, 5.41) is 5.16. The second-order valence-corrected chi connectivity index (χ2v) is 6.56. The van der Waals surface area contributed by atoms with Crippen LogP contribution in [0.25, 0.3) is 33.4 Å². The van der Waals surface area contributed by atoms with Crippen LogP contribution in [0.4, 0.5) is 5.82 Å². The van der Waals surface area contributed by atoms with Crippen LogP contribution in [0.5, 0.6) is 0 Å². The van der Waals surface area contributed by atoms with Crippen molar-refractivity contribution in [3.63, 3.8) is 0 Å². The van der Waals surface area contributed by atoms with Crippen molar-refractivity contribution in [1.82, 2.24) is 15.0 Å². The van der Waals surface area contributed by atoms with Gasteiger partial charge in [0.15, 0.2) is 5.82 Å². The number of hydrogen-bond acceptors (Lipinski definition) is 4. The number of nitrogens with one attached hydrogen (secondary N) is 1. The molecule has 0 aliphatic heterocycles. The molecule has 6 heteroatoms. The molecule has 2 aromatic heterocycles. The summed E-state index contributed by atoms with van der Waals surface area (Å²) in [7, 11) is 1.85. The van der Waals surface area contributed by atoms with Crippen molar-refractivity contribution in [3.05, 3.63) is 71.0 Å². The summed E-state index contributed by atoms with van der Waals surface area (Å²) in [4.78, 5) is 13.5. The fourth-order valence-electron chi connectivity index (χ4n) is 2.80. The zero-order valence-electron chi connectivity index (χ0n) is 13.9. The van der Waals surface area contributed by atoms with Crippen molar-refractivity contribution in [2.24, 2.45) is 0 Å². The van der Waals surface area contributed by atoms with Crippen LogP contribution in [0.3, 0.4) is 0 Å². The van der Waals surface area contributed by atoms with Crippen molar-refractivity contribution in [1.29, 1.82) is 0 Å². The van der Waals surface area contributed by atoms with Crippen LogP contribution in [0.1, 0.15) is 0 Å². The lowest BCUT2D eigenvalue weighted by Gasteiger charge is -2.10. The molecule has 0 saturated heterocycles. The topological polar surface area (TPSA) is 50.7 Å². The standard InChI is InChI=1S/C20H14Cl2N4/c1-23-20-15-9-12(13-4-6-16(21)17(22)10-13)5-7-18(15)25-19(26-20)14-3-2-8-24-11-14/h2-11H,1H3,(H,23,25,26). The number of nitrogens with zero attached hydrogens (tertiary/aromatic N) is 3. The van der Waals surface area contributed by atoms with E-state index in [1.807, 2.05) is 49.5 Å². The van der Waals surface area contributed by atoms with Gasteiger partial charge >= 0.3 is 0 Å². The van der Waals surface area contributed by atoms with Gasteiger partial charge in [-0.15, -0.1) is 0 Å². The maximum absolute atomic E-state index is 6.15. The highest BCUT2D eigenvalue weighted by Gasteiger charge is 2.11. The molecule has 0 bridgehead atoms. The molecule has 0 spiro atoms. The zero-order chi connectivity index (χ0) is 18.1. The first-order valence-electron chi connectivity index (χ1n) is 8.01. The smallest absolute Gasteiger partial charge is 0.163 e. The molecule has 0 aliphatic rings. The number of halogens is 2. The molecule has 4 rings (SSSR count). The van der Waals surface area contributed by atoms with Crippen LogP contribution in [0.2, 0.25) is 10.0 Å². The third-order valence-corrected chi connectivity index (χ3v) is 4.84. The second kappa shape index (κ2) is 6.90. The monoisotopic (exact) mass is 380 g/mol. The number of anilines is 1. The van der Waals surface area contributed by atoms with Gasteiger partial charge in [0.25, 0.3) is 0 Å². The minimum Gasteiger partial charge on any atom is -0.373 e. The molecule has 2 heterocycles. The number of benzene rings is 2. The van der Waals surface area contributed by atoms with Gasteiger partial charge in [-0.3, -0.25) is 4.98 Å². The minimum absolute atomic E-state index is 0.529. The Labute approximate surface area is 160 Å². The molecule has 26 heavy (non-hydrogen) atoms. The van der Waals surface area contributed by atoms with Crippen molar-refractivity contribution >= 4 is 39.9 Å². The number of fused-ring (bicyclic) bond motifs is 1. The Morgan fingerprint density at radius 1 is 0.846 bits per heavy atom. The molecule has 0 atom stereocenters. The maximum atomic E-state index is 6.15. The molecule has 1 N–H and O–H groups in total. The van der Waals surface area contributed by atoms with E-state index in [2.05, 4.69) is 20.3 Å². The molecule has 0 radical (unpaired) electrons. The molecule has 128 valence electrons. The highest BCUT2D eigenvalue weighted by Crippen LogP contribution is 2.32. The summed E-state index contributed by atoms with van der Waals surface area (Å²) in [6.07, 6.45) is 3.48. The van der Waals surface area contributed by atoms with Gasteiger partial charge in [0, 0.05) is 30.4 Å². The SMILES string of the molecule is CNc1nc(-c2cccnc2)nc2ccc(-c3ccc(Cl)c(Cl)c3)cc12. The van der Waals surface area contributed by atoms with Gasteiger partial charge in [0.1, 0.15) is 5.82 Å². The Hall–Kier alpha value is -2.69. The average Bonchev–Trinajstić information content (AvgIpc) is 2.69. The van der Waals surface area contributed by atoms with E-state index in [0.29, 0.717) is 15.9 Å². The number of aromatic nitrogens is 3. The average molecular weight is 381 g/mol. The minimum atomic E-state index is 0.529. The molecule has 0 amide bonds. The highest BCUT2D eigenvalue weighted by atomic mass is 35.5. The zero-order valence-corrected chi connectivity index (χ0v) is 15.4. The van der Waals surface area contributed by atoms with Gasteiger partial charge in [-0.25, -0.2) is 9.97 Å². The maximum Gasteiger partial charge on any atom is 0.163 e. The lowest BCUT2D eigenvalue weighted by atomic mass is 10.0. The summed E-state index contributed by atoms with van der Waals surface area (Å²) in [5.74, 6) is 1.40. The van der Waals surface area contributed by atoms with E-state index in [9.17, 15) is 0 Å². The van der Waals surface area contributed by atoms with Crippen LogP contribution >= 0.6 is 23.2 Å². The number of rotatable bonds is 3. The molecule has 0 saturated carbocycles. The van der Waals surface area contributed by atoms with Crippen molar-refractivity contribution in [2.45, 2.75) is 0 Å². The Bertz CT molecular complexity index is 1100. The third kappa shape index (κ3) is 3.09. The first kappa shape index (κ1) is 16.8. The molecule has 2 aromatic carbocycles. The van der Waals surface area contributed by atoms with E-state index in [1.165, 1.54) is 0 Å². The predicted octanol–water partition coefficient (Wildman–Crippen LogP) is 5.71. The summed E-state index contributed by atoms with van der Waals surface area (Å²) in [5.41, 5.74) is 3.73. The Morgan fingerprint density at radius 2 is 1.65 bits per heavy atom. The Kier molecular flexibility index (Phi) is 4.45. The summed E-state index contributed by atoms with van der Waals surface area (Å²) in [6, 6.07) is 15.5. The summed E-state index contributed by atoms with van der Waals surface area (Å²) in [6.45, 7) is 0. The summed E-state index contributed by atoms with van der Waals surface area (Å²) >= 11 is 12.2. The molecule has 4 nitrogen and oxygen atoms in total. The lowest BCUT2D eigenvalue weighted by molar-refractivity contribution is 1.20.